The first-order chi connectivity index (χ1) is 8.93. The molecule has 4 nitrogen and oxygen atoms in total. The molecule has 0 saturated carbocycles. The summed E-state index contributed by atoms with van der Waals surface area (Å²) in [6, 6.07) is 1.96. The Morgan fingerprint density at radius 1 is 1.37 bits per heavy atom. The minimum Gasteiger partial charge on any atom is -0.392 e. The van der Waals surface area contributed by atoms with E-state index in [2.05, 4.69) is 28.6 Å². The van der Waals surface area contributed by atoms with Crippen LogP contribution in [0.2, 0.25) is 5.02 Å². The fourth-order valence-corrected chi connectivity index (χ4v) is 2.65. The van der Waals surface area contributed by atoms with E-state index in [0.717, 1.165) is 31.9 Å². The molecule has 1 aliphatic heterocycles. The molecular weight excluding hydrogens is 280 g/mol. The molecule has 0 radical (unpaired) electrons. The Morgan fingerprint density at radius 3 is 2.53 bits per heavy atom. The molecule has 1 saturated heterocycles. The SMILES string of the molecule is CC(C)(C(N)=S)N1CCN(c2ccncc2Cl)CC1. The van der Waals surface area contributed by atoms with Gasteiger partial charge in [0.25, 0.3) is 0 Å². The number of aromatic nitrogens is 1. The van der Waals surface area contributed by atoms with Crippen LogP contribution in [-0.2, 0) is 0 Å². The molecule has 2 N–H and O–H groups in total. The van der Waals surface area contributed by atoms with Gasteiger partial charge in [-0.2, -0.15) is 0 Å². The van der Waals surface area contributed by atoms with Gasteiger partial charge in [0.1, 0.15) is 0 Å². The third kappa shape index (κ3) is 2.99. The Kier molecular flexibility index (Phi) is 4.28. The highest BCUT2D eigenvalue weighted by Crippen LogP contribution is 2.26. The van der Waals surface area contributed by atoms with Crippen LogP contribution in [0.5, 0.6) is 0 Å². The van der Waals surface area contributed by atoms with Crippen LogP contribution in [-0.4, -0.2) is 46.6 Å². The van der Waals surface area contributed by atoms with Crippen molar-refractivity contribution in [3.8, 4) is 0 Å². The lowest BCUT2D eigenvalue weighted by Crippen LogP contribution is -2.59. The number of anilines is 1. The van der Waals surface area contributed by atoms with Crippen molar-refractivity contribution < 1.29 is 0 Å². The molecule has 1 aromatic heterocycles. The number of thiocarbonyl (C=S) groups is 1. The van der Waals surface area contributed by atoms with E-state index in [4.69, 9.17) is 29.6 Å². The molecule has 0 atom stereocenters. The highest BCUT2D eigenvalue weighted by Gasteiger charge is 2.32. The molecule has 0 bridgehead atoms. The molecule has 0 aliphatic carbocycles. The number of hydrogen-bond acceptors (Lipinski definition) is 4. The number of piperazine rings is 1. The van der Waals surface area contributed by atoms with Crippen molar-refractivity contribution in [3.63, 3.8) is 0 Å². The highest BCUT2D eigenvalue weighted by molar-refractivity contribution is 7.80. The van der Waals surface area contributed by atoms with Gasteiger partial charge in [0.15, 0.2) is 0 Å². The topological polar surface area (TPSA) is 45.4 Å². The first-order valence-corrected chi connectivity index (χ1v) is 7.11. The summed E-state index contributed by atoms with van der Waals surface area (Å²) in [7, 11) is 0. The van der Waals surface area contributed by atoms with Gasteiger partial charge in [-0.25, -0.2) is 0 Å². The summed E-state index contributed by atoms with van der Waals surface area (Å²) in [4.78, 5) is 9.15. The van der Waals surface area contributed by atoms with E-state index in [0.29, 0.717) is 10.0 Å². The van der Waals surface area contributed by atoms with Gasteiger partial charge in [-0.1, -0.05) is 23.8 Å². The van der Waals surface area contributed by atoms with Crippen LogP contribution >= 0.6 is 23.8 Å². The van der Waals surface area contributed by atoms with Gasteiger partial charge in [-0.05, 0) is 19.9 Å². The minimum atomic E-state index is -0.233. The van der Waals surface area contributed by atoms with Gasteiger partial charge < -0.3 is 10.6 Å². The van der Waals surface area contributed by atoms with E-state index in [1.807, 2.05) is 6.07 Å². The second-order valence-corrected chi connectivity index (χ2v) is 6.07. The van der Waals surface area contributed by atoms with E-state index in [-0.39, 0.29) is 5.54 Å². The summed E-state index contributed by atoms with van der Waals surface area (Å²) >= 11 is 11.3. The Balaban J connectivity index is 2.04. The molecule has 1 aromatic rings. The lowest BCUT2D eigenvalue weighted by Gasteiger charge is -2.44. The Morgan fingerprint density at radius 2 is 2.00 bits per heavy atom. The zero-order valence-corrected chi connectivity index (χ0v) is 12.8. The van der Waals surface area contributed by atoms with Crippen molar-refractivity contribution in [3.05, 3.63) is 23.5 Å². The van der Waals surface area contributed by atoms with Crippen LogP contribution in [0.1, 0.15) is 13.8 Å². The fraction of sp³-hybridized carbons (Fsp3) is 0.538. The fourth-order valence-electron chi connectivity index (χ4n) is 2.29. The molecular formula is C13H19ClN4S. The zero-order chi connectivity index (χ0) is 14.0. The maximum atomic E-state index is 6.18. The summed E-state index contributed by atoms with van der Waals surface area (Å²) in [5, 5.41) is 0.699. The van der Waals surface area contributed by atoms with Gasteiger partial charge in [-0.15, -0.1) is 0 Å². The summed E-state index contributed by atoms with van der Waals surface area (Å²) in [5.41, 5.74) is 6.63. The number of rotatable bonds is 3. The summed E-state index contributed by atoms with van der Waals surface area (Å²) < 4.78 is 0. The van der Waals surface area contributed by atoms with Crippen molar-refractivity contribution in [2.24, 2.45) is 5.73 Å². The standard InChI is InChI=1S/C13H19ClN4S/c1-13(2,12(15)19)18-7-5-17(6-8-18)11-3-4-16-9-10(11)14/h3-4,9H,5-8H2,1-2H3,(H2,15,19). The van der Waals surface area contributed by atoms with Crippen LogP contribution < -0.4 is 10.6 Å². The first kappa shape index (κ1) is 14.5. The Labute approximate surface area is 124 Å². The number of pyridine rings is 1. The largest absolute Gasteiger partial charge is 0.392 e. The Bertz CT molecular complexity index is 469. The predicted molar refractivity (Wildman–Crippen MR) is 83.9 cm³/mol. The zero-order valence-electron chi connectivity index (χ0n) is 11.3. The lowest BCUT2D eigenvalue weighted by atomic mass is 10.0. The quantitative estimate of drug-likeness (QED) is 0.864. The molecule has 0 amide bonds. The van der Waals surface area contributed by atoms with Crippen LogP contribution in [0, 0.1) is 0 Å². The average molecular weight is 299 g/mol. The lowest BCUT2D eigenvalue weighted by molar-refractivity contribution is 0.168. The van der Waals surface area contributed by atoms with E-state index < -0.39 is 0 Å². The van der Waals surface area contributed by atoms with Crippen molar-refractivity contribution in [2.75, 3.05) is 31.1 Å². The number of nitrogens with two attached hydrogens (primary N) is 1. The maximum absolute atomic E-state index is 6.18. The number of hydrogen-bond donors (Lipinski definition) is 1. The Hall–Kier alpha value is -0.910. The smallest absolute Gasteiger partial charge is 0.0928 e. The van der Waals surface area contributed by atoms with Crippen molar-refractivity contribution in [1.29, 1.82) is 0 Å². The normalized spacial score (nSPS) is 17.5. The molecule has 104 valence electrons. The molecule has 2 rings (SSSR count). The highest BCUT2D eigenvalue weighted by atomic mass is 35.5. The summed E-state index contributed by atoms with van der Waals surface area (Å²) in [6.45, 7) is 7.81. The second-order valence-electron chi connectivity index (χ2n) is 5.22. The summed E-state index contributed by atoms with van der Waals surface area (Å²) in [6.07, 6.45) is 3.45. The average Bonchev–Trinajstić information content (AvgIpc) is 2.39. The summed E-state index contributed by atoms with van der Waals surface area (Å²) in [5.74, 6) is 0. The molecule has 2 heterocycles. The number of nitrogens with zero attached hydrogens (tertiary/aromatic N) is 3. The molecule has 1 aliphatic rings. The third-order valence-corrected chi connectivity index (χ3v) is 4.56. The van der Waals surface area contributed by atoms with Crippen LogP contribution in [0.25, 0.3) is 0 Å². The van der Waals surface area contributed by atoms with E-state index in [9.17, 15) is 0 Å². The maximum Gasteiger partial charge on any atom is 0.0928 e. The third-order valence-electron chi connectivity index (χ3n) is 3.76. The molecule has 0 unspecified atom stereocenters. The van der Waals surface area contributed by atoms with E-state index in [1.54, 1.807) is 12.4 Å². The molecule has 1 fully saturated rings. The monoisotopic (exact) mass is 298 g/mol. The molecule has 6 heteroatoms. The van der Waals surface area contributed by atoms with E-state index >= 15 is 0 Å². The van der Waals surface area contributed by atoms with Crippen molar-refractivity contribution in [1.82, 2.24) is 9.88 Å². The molecule has 0 aromatic carbocycles. The van der Waals surface area contributed by atoms with Crippen LogP contribution in [0.4, 0.5) is 5.69 Å². The van der Waals surface area contributed by atoms with Crippen LogP contribution in [0.15, 0.2) is 18.5 Å². The van der Waals surface area contributed by atoms with E-state index in [1.165, 1.54) is 0 Å². The molecule has 0 spiro atoms. The van der Waals surface area contributed by atoms with Crippen LogP contribution in [0.3, 0.4) is 0 Å². The minimum absolute atomic E-state index is 0.233. The van der Waals surface area contributed by atoms with Gasteiger partial charge in [0.2, 0.25) is 0 Å². The van der Waals surface area contributed by atoms with Crippen molar-refractivity contribution >= 4 is 34.5 Å². The van der Waals surface area contributed by atoms with Gasteiger partial charge >= 0.3 is 0 Å². The first-order valence-electron chi connectivity index (χ1n) is 6.32. The molecule has 19 heavy (non-hydrogen) atoms. The van der Waals surface area contributed by atoms with Gasteiger partial charge in [0.05, 0.1) is 21.2 Å². The van der Waals surface area contributed by atoms with Gasteiger partial charge in [-0.3, -0.25) is 9.88 Å². The number of halogens is 1. The second kappa shape index (κ2) is 5.61. The van der Waals surface area contributed by atoms with Crippen molar-refractivity contribution in [2.45, 2.75) is 19.4 Å². The van der Waals surface area contributed by atoms with Gasteiger partial charge in [0, 0.05) is 38.6 Å². The predicted octanol–water partition coefficient (Wildman–Crippen LogP) is 1.92.